The number of benzene rings is 2. The first-order chi connectivity index (χ1) is 14.4. The second-order valence-corrected chi connectivity index (χ2v) is 8.98. The van der Waals surface area contributed by atoms with E-state index in [0.717, 1.165) is 18.6 Å². The molecule has 2 atom stereocenters. The fourth-order valence-electron chi connectivity index (χ4n) is 4.11. The normalized spacial score (nSPS) is 17.4. The summed E-state index contributed by atoms with van der Waals surface area (Å²) in [6.45, 7) is 11.1. The Bertz CT molecular complexity index is 711. The maximum Gasteiger partial charge on any atom is 0.120 e. The summed E-state index contributed by atoms with van der Waals surface area (Å²) < 4.78 is 6.36. The first-order valence-electron chi connectivity index (χ1n) is 12.0. The summed E-state index contributed by atoms with van der Waals surface area (Å²) in [5.41, 5.74) is 2.82. The molecule has 1 fully saturated rings. The van der Waals surface area contributed by atoms with Gasteiger partial charge in [0.15, 0.2) is 0 Å². The summed E-state index contributed by atoms with van der Waals surface area (Å²) in [4.78, 5) is 0. The quantitative estimate of drug-likeness (QED) is 0.495. The lowest BCUT2D eigenvalue weighted by atomic mass is 9.82. The summed E-state index contributed by atoms with van der Waals surface area (Å²) in [5.74, 6) is 2.63. The van der Waals surface area contributed by atoms with Crippen molar-refractivity contribution in [1.29, 1.82) is 0 Å². The average molecular weight is 411 g/mol. The van der Waals surface area contributed by atoms with E-state index >= 15 is 0 Å². The van der Waals surface area contributed by atoms with E-state index in [9.17, 15) is 0 Å². The molecule has 0 spiro atoms. The van der Waals surface area contributed by atoms with E-state index in [2.05, 4.69) is 58.9 Å². The van der Waals surface area contributed by atoms with Crippen molar-refractivity contribution in [3.05, 3.63) is 59.7 Å². The van der Waals surface area contributed by atoms with Crippen molar-refractivity contribution in [1.82, 2.24) is 0 Å². The van der Waals surface area contributed by atoms with Gasteiger partial charge in [-0.1, -0.05) is 65.3 Å². The molecule has 0 aliphatic heterocycles. The van der Waals surface area contributed by atoms with Crippen LogP contribution < -0.4 is 4.74 Å². The fourth-order valence-corrected chi connectivity index (χ4v) is 4.11. The highest BCUT2D eigenvalue weighted by Crippen LogP contribution is 2.36. The molecule has 1 aliphatic rings. The second-order valence-electron chi connectivity index (χ2n) is 8.98. The van der Waals surface area contributed by atoms with Gasteiger partial charge in [-0.3, -0.25) is 0 Å². The molecular weight excluding hydrogens is 368 g/mol. The van der Waals surface area contributed by atoms with Gasteiger partial charge in [0.25, 0.3) is 0 Å². The Morgan fingerprint density at radius 3 is 1.67 bits per heavy atom. The second kappa shape index (κ2) is 12.0. The molecule has 2 aromatic carbocycles. The molecule has 0 aromatic heterocycles. The van der Waals surface area contributed by atoms with Crippen LogP contribution in [0.2, 0.25) is 0 Å². The van der Waals surface area contributed by atoms with Crippen LogP contribution in [0.4, 0.5) is 0 Å². The van der Waals surface area contributed by atoms with Gasteiger partial charge in [-0.25, -0.2) is 0 Å². The molecule has 1 aliphatic carbocycles. The van der Waals surface area contributed by atoms with Gasteiger partial charge in [-0.2, -0.15) is 0 Å². The van der Waals surface area contributed by atoms with E-state index in [1.54, 1.807) is 12.1 Å². The standard InChI is InChI=1S/C18H28O.C10H14O/c1-4-15(3)16-9-11-17(12-10-16)19-18(5-2)13-7-6-8-14-18;1-3-8(2)9-4-6-10(11)7-5-9/h9-12,15H,4-8,13-14H2,1-3H3;4-8,11H,3H2,1-2H3. The van der Waals surface area contributed by atoms with Crippen LogP contribution >= 0.6 is 0 Å². The van der Waals surface area contributed by atoms with Crippen molar-refractivity contribution in [3.8, 4) is 11.5 Å². The zero-order valence-corrected chi connectivity index (χ0v) is 19.8. The minimum absolute atomic E-state index is 0.107. The Kier molecular flexibility index (Phi) is 9.75. The Hall–Kier alpha value is -1.96. The molecule has 0 heterocycles. The summed E-state index contributed by atoms with van der Waals surface area (Å²) in [5, 5.41) is 9.01. The van der Waals surface area contributed by atoms with Gasteiger partial charge in [-0.15, -0.1) is 0 Å². The Labute approximate surface area is 184 Å². The third kappa shape index (κ3) is 7.07. The van der Waals surface area contributed by atoms with E-state index in [4.69, 9.17) is 9.84 Å². The number of phenolic OH excluding ortho intramolecular Hbond substituents is 1. The van der Waals surface area contributed by atoms with Crippen molar-refractivity contribution in [3.63, 3.8) is 0 Å². The maximum absolute atomic E-state index is 9.01. The largest absolute Gasteiger partial charge is 0.508 e. The molecule has 2 aromatic rings. The summed E-state index contributed by atoms with van der Waals surface area (Å²) in [6, 6.07) is 16.2. The van der Waals surface area contributed by atoms with Crippen LogP contribution in [0, 0.1) is 0 Å². The van der Waals surface area contributed by atoms with E-state index < -0.39 is 0 Å². The third-order valence-electron chi connectivity index (χ3n) is 6.88. The molecule has 3 rings (SSSR count). The SMILES string of the molecule is CCC(C)c1ccc(O)cc1.CCC(C)c1ccc(OC2(CC)CCCCC2)cc1. The Morgan fingerprint density at radius 2 is 1.23 bits per heavy atom. The predicted octanol–water partition coefficient (Wildman–Crippen LogP) is 8.60. The lowest BCUT2D eigenvalue weighted by Crippen LogP contribution is -2.37. The van der Waals surface area contributed by atoms with Crippen molar-refractivity contribution < 1.29 is 9.84 Å². The molecule has 2 heteroatoms. The van der Waals surface area contributed by atoms with Gasteiger partial charge < -0.3 is 9.84 Å². The van der Waals surface area contributed by atoms with Crippen molar-refractivity contribution in [2.24, 2.45) is 0 Å². The number of hydrogen-bond donors (Lipinski definition) is 1. The van der Waals surface area contributed by atoms with Crippen LogP contribution in [-0.2, 0) is 0 Å². The van der Waals surface area contributed by atoms with Crippen molar-refractivity contribution in [2.75, 3.05) is 0 Å². The average Bonchev–Trinajstić information content (AvgIpc) is 2.80. The minimum Gasteiger partial charge on any atom is -0.508 e. The smallest absolute Gasteiger partial charge is 0.120 e. The van der Waals surface area contributed by atoms with Crippen molar-refractivity contribution in [2.45, 2.75) is 103 Å². The molecule has 0 saturated heterocycles. The van der Waals surface area contributed by atoms with E-state index in [1.165, 1.54) is 49.7 Å². The van der Waals surface area contributed by atoms with Crippen LogP contribution in [-0.4, -0.2) is 10.7 Å². The number of hydrogen-bond acceptors (Lipinski definition) is 2. The van der Waals surface area contributed by atoms with Gasteiger partial charge in [0.1, 0.15) is 17.1 Å². The predicted molar refractivity (Wildman–Crippen MR) is 129 cm³/mol. The lowest BCUT2D eigenvalue weighted by molar-refractivity contribution is 0.0265. The highest BCUT2D eigenvalue weighted by atomic mass is 16.5. The highest BCUT2D eigenvalue weighted by molar-refractivity contribution is 5.30. The zero-order valence-electron chi connectivity index (χ0n) is 19.8. The lowest BCUT2D eigenvalue weighted by Gasteiger charge is -2.37. The first kappa shape index (κ1) is 24.3. The summed E-state index contributed by atoms with van der Waals surface area (Å²) in [6.07, 6.45) is 9.91. The molecule has 0 amide bonds. The fraction of sp³-hybridized carbons (Fsp3) is 0.571. The monoisotopic (exact) mass is 410 g/mol. The number of aromatic hydroxyl groups is 1. The maximum atomic E-state index is 9.01. The van der Waals surface area contributed by atoms with Gasteiger partial charge in [0.05, 0.1) is 0 Å². The molecule has 2 unspecified atom stereocenters. The molecule has 1 N–H and O–H groups in total. The molecule has 2 nitrogen and oxygen atoms in total. The van der Waals surface area contributed by atoms with Crippen LogP contribution in [0.3, 0.4) is 0 Å². The van der Waals surface area contributed by atoms with Gasteiger partial charge in [0, 0.05) is 0 Å². The number of phenols is 1. The van der Waals surface area contributed by atoms with Crippen LogP contribution in [0.15, 0.2) is 48.5 Å². The third-order valence-corrected chi connectivity index (χ3v) is 6.88. The first-order valence-corrected chi connectivity index (χ1v) is 12.0. The Balaban J connectivity index is 0.000000248. The number of ether oxygens (including phenoxy) is 1. The van der Waals surface area contributed by atoms with E-state index in [1.807, 2.05) is 12.1 Å². The van der Waals surface area contributed by atoms with Crippen LogP contribution in [0.25, 0.3) is 0 Å². The van der Waals surface area contributed by atoms with Gasteiger partial charge in [0.2, 0.25) is 0 Å². The molecule has 166 valence electrons. The van der Waals surface area contributed by atoms with Gasteiger partial charge in [-0.05, 0) is 92.2 Å². The van der Waals surface area contributed by atoms with Crippen LogP contribution in [0.5, 0.6) is 11.5 Å². The molecular formula is C28H42O2. The van der Waals surface area contributed by atoms with Crippen molar-refractivity contribution >= 4 is 0 Å². The van der Waals surface area contributed by atoms with Gasteiger partial charge >= 0.3 is 0 Å². The molecule has 30 heavy (non-hydrogen) atoms. The molecule has 0 bridgehead atoms. The number of rotatable bonds is 7. The zero-order chi connectivity index (χ0) is 22.0. The Morgan fingerprint density at radius 1 is 0.767 bits per heavy atom. The van der Waals surface area contributed by atoms with E-state index in [-0.39, 0.29) is 5.60 Å². The topological polar surface area (TPSA) is 29.5 Å². The highest BCUT2D eigenvalue weighted by Gasteiger charge is 2.32. The van der Waals surface area contributed by atoms with E-state index in [0.29, 0.717) is 17.6 Å². The minimum atomic E-state index is 0.107. The summed E-state index contributed by atoms with van der Waals surface area (Å²) in [7, 11) is 0. The molecule has 0 radical (unpaired) electrons. The summed E-state index contributed by atoms with van der Waals surface area (Å²) >= 11 is 0. The molecule has 1 saturated carbocycles. The van der Waals surface area contributed by atoms with Crippen LogP contribution in [0.1, 0.15) is 109 Å².